The van der Waals surface area contributed by atoms with Crippen molar-refractivity contribution in [3.8, 4) is 11.3 Å². The second-order valence-electron chi connectivity index (χ2n) is 6.20. The van der Waals surface area contributed by atoms with E-state index in [-0.39, 0.29) is 16.9 Å². The molecule has 130 valence electrons. The second kappa shape index (κ2) is 5.21. The van der Waals surface area contributed by atoms with Gasteiger partial charge in [-0.1, -0.05) is 30.3 Å². The number of hydrogen-bond acceptors (Lipinski definition) is 5. The van der Waals surface area contributed by atoms with Gasteiger partial charge >= 0.3 is 0 Å². The maximum Gasteiger partial charge on any atom is 0.277 e. The SMILES string of the molecule is O=C1NC(=O)c2c1nc(-c1cccc([N+](=O)[O-])c1)c1[nH]c3ccccc3c21. The molecule has 0 spiro atoms. The lowest BCUT2D eigenvalue weighted by Crippen LogP contribution is -2.20. The molecule has 0 unspecified atom stereocenters. The van der Waals surface area contributed by atoms with E-state index in [1.54, 1.807) is 12.1 Å². The van der Waals surface area contributed by atoms with Gasteiger partial charge in [-0.15, -0.1) is 0 Å². The standard InChI is InChI=1S/C19H10N4O4/c24-18-14-13-11-6-1-2-7-12(11)20-16(13)15(21-17(14)19(25)22-18)9-4-3-5-10(8-9)23(26)27/h1-8,20H,(H,22,24,25). The Morgan fingerprint density at radius 3 is 2.59 bits per heavy atom. The number of pyridine rings is 1. The van der Waals surface area contributed by atoms with Gasteiger partial charge in [0.15, 0.2) is 0 Å². The Bertz CT molecular complexity index is 1320. The minimum absolute atomic E-state index is 0.0266. The molecule has 0 aliphatic carbocycles. The smallest absolute Gasteiger partial charge is 0.277 e. The fourth-order valence-corrected chi connectivity index (χ4v) is 3.51. The fraction of sp³-hybridized carbons (Fsp3) is 0. The van der Waals surface area contributed by atoms with Crippen molar-refractivity contribution >= 4 is 39.3 Å². The van der Waals surface area contributed by atoms with Crippen LogP contribution >= 0.6 is 0 Å². The van der Waals surface area contributed by atoms with Gasteiger partial charge in [-0.05, 0) is 6.07 Å². The lowest BCUT2D eigenvalue weighted by Gasteiger charge is -2.06. The van der Waals surface area contributed by atoms with Gasteiger partial charge in [0.05, 0.1) is 21.7 Å². The third-order valence-corrected chi connectivity index (χ3v) is 4.65. The van der Waals surface area contributed by atoms with Crippen LogP contribution in [0.2, 0.25) is 0 Å². The number of non-ortho nitro benzene ring substituents is 1. The van der Waals surface area contributed by atoms with Crippen molar-refractivity contribution in [1.82, 2.24) is 15.3 Å². The summed E-state index contributed by atoms with van der Waals surface area (Å²) in [6.45, 7) is 0. The highest BCUT2D eigenvalue weighted by atomic mass is 16.6. The number of amides is 2. The van der Waals surface area contributed by atoms with Gasteiger partial charge in [0.25, 0.3) is 17.5 Å². The van der Waals surface area contributed by atoms with Gasteiger partial charge in [-0.2, -0.15) is 0 Å². The minimum atomic E-state index is -0.575. The molecule has 1 aliphatic rings. The third-order valence-electron chi connectivity index (χ3n) is 4.65. The van der Waals surface area contributed by atoms with Gasteiger partial charge < -0.3 is 4.98 Å². The first-order chi connectivity index (χ1) is 13.0. The molecule has 27 heavy (non-hydrogen) atoms. The Morgan fingerprint density at radius 1 is 0.963 bits per heavy atom. The molecular weight excluding hydrogens is 348 g/mol. The summed E-state index contributed by atoms with van der Waals surface area (Å²) in [5.41, 5.74) is 2.37. The monoisotopic (exact) mass is 358 g/mol. The molecule has 0 bridgehead atoms. The van der Waals surface area contributed by atoms with Gasteiger partial charge in [0, 0.05) is 34.0 Å². The Morgan fingerprint density at radius 2 is 1.78 bits per heavy atom. The second-order valence-corrected chi connectivity index (χ2v) is 6.20. The number of carbonyl (C=O) groups excluding carboxylic acids is 2. The highest BCUT2D eigenvalue weighted by molar-refractivity contribution is 6.30. The van der Waals surface area contributed by atoms with Crippen LogP contribution < -0.4 is 5.32 Å². The number of nitro groups is 1. The van der Waals surface area contributed by atoms with Crippen molar-refractivity contribution in [2.75, 3.05) is 0 Å². The van der Waals surface area contributed by atoms with Crippen LogP contribution in [-0.4, -0.2) is 26.7 Å². The van der Waals surface area contributed by atoms with Crippen LogP contribution in [0.3, 0.4) is 0 Å². The molecule has 8 heteroatoms. The number of benzene rings is 2. The van der Waals surface area contributed by atoms with Gasteiger partial charge in [0.2, 0.25) is 0 Å². The number of hydrogen-bond donors (Lipinski definition) is 2. The first kappa shape index (κ1) is 15.2. The van der Waals surface area contributed by atoms with E-state index in [0.29, 0.717) is 22.2 Å². The predicted molar refractivity (Wildman–Crippen MR) is 97.5 cm³/mol. The van der Waals surface area contributed by atoms with E-state index >= 15 is 0 Å². The van der Waals surface area contributed by atoms with Gasteiger partial charge in [-0.3, -0.25) is 25.0 Å². The van der Waals surface area contributed by atoms with E-state index in [1.165, 1.54) is 12.1 Å². The van der Waals surface area contributed by atoms with Crippen molar-refractivity contribution < 1.29 is 14.5 Å². The number of aromatic nitrogens is 2. The van der Waals surface area contributed by atoms with E-state index in [1.807, 2.05) is 24.3 Å². The van der Waals surface area contributed by atoms with Gasteiger partial charge in [-0.25, -0.2) is 4.98 Å². The molecular formula is C19H10N4O4. The molecule has 2 aromatic heterocycles. The van der Waals surface area contributed by atoms with Crippen LogP contribution in [0.25, 0.3) is 33.1 Å². The summed E-state index contributed by atoms with van der Waals surface area (Å²) in [6.07, 6.45) is 0. The molecule has 0 saturated carbocycles. The quantitative estimate of drug-likeness (QED) is 0.324. The Kier molecular flexibility index (Phi) is 2.94. The summed E-state index contributed by atoms with van der Waals surface area (Å²) in [4.78, 5) is 42.8. The molecule has 0 radical (unpaired) electrons. The average Bonchev–Trinajstić information content (AvgIpc) is 3.18. The van der Waals surface area contributed by atoms with E-state index in [4.69, 9.17) is 0 Å². The minimum Gasteiger partial charge on any atom is -0.353 e. The van der Waals surface area contributed by atoms with Crippen molar-refractivity contribution in [3.63, 3.8) is 0 Å². The van der Waals surface area contributed by atoms with Crippen LogP contribution in [0, 0.1) is 10.1 Å². The summed E-state index contributed by atoms with van der Waals surface area (Å²) in [7, 11) is 0. The van der Waals surface area contributed by atoms with E-state index in [2.05, 4.69) is 15.3 Å². The number of imide groups is 1. The maximum atomic E-state index is 12.3. The summed E-state index contributed by atoms with van der Waals surface area (Å²) >= 11 is 0. The Balaban J connectivity index is 1.95. The zero-order chi connectivity index (χ0) is 18.7. The molecule has 2 N–H and O–H groups in total. The molecule has 4 aromatic rings. The number of H-pyrrole nitrogens is 1. The normalized spacial score (nSPS) is 13.2. The number of rotatable bonds is 2. The molecule has 0 saturated heterocycles. The lowest BCUT2D eigenvalue weighted by molar-refractivity contribution is -0.384. The summed E-state index contributed by atoms with van der Waals surface area (Å²) in [5.74, 6) is -1.07. The first-order valence-electron chi connectivity index (χ1n) is 8.09. The largest absolute Gasteiger partial charge is 0.353 e. The molecule has 1 aliphatic heterocycles. The average molecular weight is 358 g/mol. The van der Waals surface area contributed by atoms with Crippen molar-refractivity contribution in [2.45, 2.75) is 0 Å². The number of fused-ring (bicyclic) bond motifs is 5. The highest BCUT2D eigenvalue weighted by Gasteiger charge is 2.33. The topological polar surface area (TPSA) is 118 Å². The van der Waals surface area contributed by atoms with Crippen LogP contribution in [0.1, 0.15) is 20.8 Å². The van der Waals surface area contributed by atoms with Crippen LogP contribution in [0.15, 0.2) is 48.5 Å². The zero-order valence-corrected chi connectivity index (χ0v) is 13.6. The van der Waals surface area contributed by atoms with E-state index in [9.17, 15) is 19.7 Å². The number of nitrogens with one attached hydrogen (secondary N) is 2. The van der Waals surface area contributed by atoms with Crippen LogP contribution in [0.5, 0.6) is 0 Å². The number of nitro benzene ring substituents is 1. The molecule has 3 heterocycles. The van der Waals surface area contributed by atoms with E-state index < -0.39 is 16.7 Å². The summed E-state index contributed by atoms with van der Waals surface area (Å²) in [5, 5.41) is 14.8. The maximum absolute atomic E-state index is 12.3. The van der Waals surface area contributed by atoms with Crippen molar-refractivity contribution in [1.29, 1.82) is 0 Å². The number of aromatic amines is 1. The highest BCUT2D eigenvalue weighted by Crippen LogP contribution is 2.37. The summed E-state index contributed by atoms with van der Waals surface area (Å²) < 4.78 is 0. The Labute approximate surface area is 151 Å². The van der Waals surface area contributed by atoms with Crippen molar-refractivity contribution in [3.05, 3.63) is 69.9 Å². The van der Waals surface area contributed by atoms with Crippen molar-refractivity contribution in [2.24, 2.45) is 0 Å². The molecule has 5 rings (SSSR count). The summed E-state index contributed by atoms with van der Waals surface area (Å²) in [6, 6.07) is 13.4. The number of carbonyl (C=O) groups is 2. The predicted octanol–water partition coefficient (Wildman–Crippen LogP) is 3.17. The molecule has 2 aromatic carbocycles. The fourth-order valence-electron chi connectivity index (χ4n) is 3.51. The van der Waals surface area contributed by atoms with Gasteiger partial charge in [0.1, 0.15) is 5.69 Å². The number of nitrogens with zero attached hydrogens (tertiary/aromatic N) is 2. The number of para-hydroxylation sites is 1. The molecule has 2 amide bonds. The zero-order valence-electron chi connectivity index (χ0n) is 13.6. The molecule has 8 nitrogen and oxygen atoms in total. The first-order valence-corrected chi connectivity index (χ1v) is 8.09. The van der Waals surface area contributed by atoms with Crippen LogP contribution in [0.4, 0.5) is 5.69 Å². The van der Waals surface area contributed by atoms with E-state index in [0.717, 1.165) is 10.9 Å². The third kappa shape index (κ3) is 2.07. The molecule has 0 atom stereocenters. The van der Waals surface area contributed by atoms with Crippen LogP contribution in [-0.2, 0) is 0 Å². The lowest BCUT2D eigenvalue weighted by atomic mass is 10.0. The Hall–Kier alpha value is -4.07. The molecule has 0 fully saturated rings.